The van der Waals surface area contributed by atoms with Gasteiger partial charge in [-0.3, -0.25) is 4.79 Å². The number of rotatable bonds is 4. The molecule has 1 fully saturated rings. The Labute approximate surface area is 122 Å². The van der Waals surface area contributed by atoms with Gasteiger partial charge in [-0.15, -0.1) is 12.4 Å². The van der Waals surface area contributed by atoms with Gasteiger partial charge >= 0.3 is 5.82 Å². The number of nitro groups is 1. The quantitative estimate of drug-likeness (QED) is 0.639. The van der Waals surface area contributed by atoms with Crippen LogP contribution in [0.25, 0.3) is 0 Å². The number of nitrogens with zero attached hydrogens (tertiary/aromatic N) is 4. The molecule has 1 aliphatic rings. The van der Waals surface area contributed by atoms with Gasteiger partial charge in [0.2, 0.25) is 11.7 Å². The maximum Gasteiger partial charge on any atom is 0.381 e. The molecule has 1 N–H and O–H groups in total. The van der Waals surface area contributed by atoms with Gasteiger partial charge in [-0.25, -0.2) is 0 Å². The minimum absolute atomic E-state index is 0. The average Bonchev–Trinajstić information content (AvgIpc) is 2.79. The Bertz CT molecular complexity index is 484. The highest BCUT2D eigenvalue weighted by molar-refractivity contribution is 5.85. The van der Waals surface area contributed by atoms with E-state index in [-0.39, 0.29) is 24.1 Å². The topological polar surface area (TPSA) is 93.3 Å². The molecule has 1 aliphatic heterocycles. The second kappa shape index (κ2) is 7.20. The van der Waals surface area contributed by atoms with Crippen molar-refractivity contribution in [2.24, 2.45) is 0 Å². The van der Waals surface area contributed by atoms with Crippen LogP contribution in [0.4, 0.5) is 5.82 Å². The van der Waals surface area contributed by atoms with Gasteiger partial charge in [0.15, 0.2) is 0 Å². The Balaban J connectivity index is 0.00000200. The first kappa shape index (κ1) is 16.4. The third kappa shape index (κ3) is 3.91. The highest BCUT2D eigenvalue weighted by Crippen LogP contribution is 2.11. The molecular weight excluding hydrogens is 286 g/mol. The molecule has 112 valence electrons. The van der Waals surface area contributed by atoms with Gasteiger partial charge in [0.1, 0.15) is 6.20 Å². The predicted molar refractivity (Wildman–Crippen MR) is 74.9 cm³/mol. The van der Waals surface area contributed by atoms with Crippen molar-refractivity contribution in [3.63, 3.8) is 0 Å². The SMILES string of the molecule is Cc1nc([N+](=O)[O-])cn1CCC(=O)N1CCNCC1.Cl. The molecule has 0 radical (unpaired) electrons. The lowest BCUT2D eigenvalue weighted by Crippen LogP contribution is -2.46. The number of carbonyl (C=O) groups is 1. The van der Waals surface area contributed by atoms with Gasteiger partial charge < -0.3 is 24.9 Å². The Morgan fingerprint density at radius 3 is 2.70 bits per heavy atom. The molecule has 1 aromatic heterocycles. The number of carbonyl (C=O) groups excluding carboxylic acids is 1. The molecule has 1 aromatic rings. The predicted octanol–water partition coefficient (Wildman–Crippen LogP) is 0.343. The van der Waals surface area contributed by atoms with E-state index in [1.165, 1.54) is 6.20 Å². The van der Waals surface area contributed by atoms with Crippen molar-refractivity contribution >= 4 is 24.1 Å². The molecule has 2 rings (SSSR count). The molecule has 20 heavy (non-hydrogen) atoms. The average molecular weight is 304 g/mol. The fourth-order valence-corrected chi connectivity index (χ4v) is 2.09. The Morgan fingerprint density at radius 2 is 2.15 bits per heavy atom. The van der Waals surface area contributed by atoms with E-state index in [4.69, 9.17) is 0 Å². The summed E-state index contributed by atoms with van der Waals surface area (Å²) in [6, 6.07) is 0. The van der Waals surface area contributed by atoms with Gasteiger partial charge in [0.25, 0.3) is 0 Å². The van der Waals surface area contributed by atoms with Crippen LogP contribution in [-0.4, -0.2) is 51.5 Å². The van der Waals surface area contributed by atoms with E-state index in [0.29, 0.717) is 18.8 Å². The molecule has 9 heteroatoms. The van der Waals surface area contributed by atoms with Crippen molar-refractivity contribution < 1.29 is 9.72 Å². The van der Waals surface area contributed by atoms with Crippen molar-refractivity contribution in [2.75, 3.05) is 26.2 Å². The number of halogens is 1. The van der Waals surface area contributed by atoms with E-state index < -0.39 is 4.92 Å². The van der Waals surface area contributed by atoms with Crippen LogP contribution in [0.1, 0.15) is 12.2 Å². The zero-order chi connectivity index (χ0) is 13.8. The normalized spacial score (nSPS) is 14.8. The largest absolute Gasteiger partial charge is 0.381 e. The van der Waals surface area contributed by atoms with Crippen LogP contribution in [0.15, 0.2) is 6.20 Å². The molecule has 0 atom stereocenters. The molecule has 0 spiro atoms. The van der Waals surface area contributed by atoms with E-state index >= 15 is 0 Å². The van der Waals surface area contributed by atoms with Crippen molar-refractivity contribution in [1.82, 2.24) is 19.8 Å². The standard InChI is InChI=1S/C11H17N5O3.ClH/c1-9-13-10(16(18)19)8-15(9)5-2-11(17)14-6-3-12-4-7-14;/h8,12H,2-7H2,1H3;1H. The van der Waals surface area contributed by atoms with Gasteiger partial charge in [0, 0.05) is 46.1 Å². The number of piperazine rings is 1. The van der Waals surface area contributed by atoms with Gasteiger partial charge in [-0.2, -0.15) is 0 Å². The second-order valence-electron chi connectivity index (χ2n) is 4.48. The molecule has 0 aromatic carbocycles. The first-order chi connectivity index (χ1) is 9.08. The van der Waals surface area contributed by atoms with E-state index in [0.717, 1.165) is 26.2 Å². The van der Waals surface area contributed by atoms with E-state index in [9.17, 15) is 14.9 Å². The van der Waals surface area contributed by atoms with Crippen molar-refractivity contribution in [3.8, 4) is 0 Å². The van der Waals surface area contributed by atoms with Crippen LogP contribution in [0.5, 0.6) is 0 Å². The first-order valence-electron chi connectivity index (χ1n) is 6.24. The Hall–Kier alpha value is -1.67. The van der Waals surface area contributed by atoms with Gasteiger partial charge in [0.05, 0.1) is 0 Å². The fourth-order valence-electron chi connectivity index (χ4n) is 2.09. The Kier molecular flexibility index (Phi) is 5.90. The highest BCUT2D eigenvalue weighted by Gasteiger charge is 2.18. The maximum atomic E-state index is 12.0. The second-order valence-corrected chi connectivity index (χ2v) is 4.48. The molecule has 1 amide bonds. The summed E-state index contributed by atoms with van der Waals surface area (Å²) in [7, 11) is 0. The maximum absolute atomic E-state index is 12.0. The number of nitrogens with one attached hydrogen (secondary N) is 1. The summed E-state index contributed by atoms with van der Waals surface area (Å²) < 4.78 is 1.65. The summed E-state index contributed by atoms with van der Waals surface area (Å²) in [5.41, 5.74) is 0. The van der Waals surface area contributed by atoms with Crippen LogP contribution >= 0.6 is 12.4 Å². The molecule has 0 unspecified atom stereocenters. The molecule has 1 saturated heterocycles. The van der Waals surface area contributed by atoms with Crippen LogP contribution in [0, 0.1) is 17.0 Å². The van der Waals surface area contributed by atoms with Crippen molar-refractivity contribution in [2.45, 2.75) is 19.9 Å². The van der Waals surface area contributed by atoms with Crippen molar-refractivity contribution in [1.29, 1.82) is 0 Å². The molecular formula is C11H18ClN5O3. The number of aromatic nitrogens is 2. The lowest BCUT2D eigenvalue weighted by Gasteiger charge is -2.27. The van der Waals surface area contributed by atoms with Crippen LogP contribution in [0.3, 0.4) is 0 Å². The molecule has 0 aliphatic carbocycles. The minimum atomic E-state index is -0.526. The van der Waals surface area contributed by atoms with E-state index in [1.54, 1.807) is 11.5 Å². The van der Waals surface area contributed by atoms with Gasteiger partial charge in [-0.1, -0.05) is 0 Å². The number of aryl methyl sites for hydroxylation is 2. The molecule has 0 saturated carbocycles. The summed E-state index contributed by atoms with van der Waals surface area (Å²) in [5, 5.41) is 13.8. The zero-order valence-electron chi connectivity index (χ0n) is 11.2. The zero-order valence-corrected chi connectivity index (χ0v) is 12.1. The number of imidazole rings is 1. The summed E-state index contributed by atoms with van der Waals surface area (Å²) in [4.78, 5) is 27.7. The van der Waals surface area contributed by atoms with Crippen molar-refractivity contribution in [3.05, 3.63) is 22.1 Å². The molecule has 2 heterocycles. The fraction of sp³-hybridized carbons (Fsp3) is 0.636. The number of hydrogen-bond acceptors (Lipinski definition) is 5. The van der Waals surface area contributed by atoms with Gasteiger partial charge in [-0.05, 0) is 9.91 Å². The third-order valence-electron chi connectivity index (χ3n) is 3.19. The monoisotopic (exact) mass is 303 g/mol. The van der Waals surface area contributed by atoms with Crippen LogP contribution < -0.4 is 5.32 Å². The summed E-state index contributed by atoms with van der Waals surface area (Å²) >= 11 is 0. The lowest BCUT2D eigenvalue weighted by atomic mass is 10.3. The highest BCUT2D eigenvalue weighted by atomic mass is 35.5. The van der Waals surface area contributed by atoms with E-state index in [1.807, 2.05) is 4.90 Å². The Morgan fingerprint density at radius 1 is 1.50 bits per heavy atom. The molecule has 8 nitrogen and oxygen atoms in total. The summed E-state index contributed by atoms with van der Waals surface area (Å²) in [6.07, 6.45) is 1.72. The number of amides is 1. The lowest BCUT2D eigenvalue weighted by molar-refractivity contribution is -0.389. The number of hydrogen-bond donors (Lipinski definition) is 1. The molecule has 0 bridgehead atoms. The smallest absolute Gasteiger partial charge is 0.358 e. The minimum Gasteiger partial charge on any atom is -0.358 e. The van der Waals surface area contributed by atoms with E-state index in [2.05, 4.69) is 10.3 Å². The first-order valence-corrected chi connectivity index (χ1v) is 6.24. The van der Waals surface area contributed by atoms with Crippen LogP contribution in [0.2, 0.25) is 0 Å². The summed E-state index contributed by atoms with van der Waals surface area (Å²) in [5.74, 6) is 0.462. The summed E-state index contributed by atoms with van der Waals surface area (Å²) in [6.45, 7) is 5.21. The van der Waals surface area contributed by atoms with Crippen LogP contribution in [-0.2, 0) is 11.3 Å². The third-order valence-corrected chi connectivity index (χ3v) is 3.19.